The molecule has 112 valence electrons. The molecule has 1 aliphatic heterocycles. The predicted molar refractivity (Wildman–Crippen MR) is 90.7 cm³/mol. The van der Waals surface area contributed by atoms with Gasteiger partial charge < -0.3 is 8.79 Å². The van der Waals surface area contributed by atoms with Gasteiger partial charge in [0.15, 0.2) is 0 Å². The largest absolute Gasteiger partial charge is 0.467 e. The lowest BCUT2D eigenvalue weighted by molar-refractivity contribution is 0.729. The maximum Gasteiger partial charge on any atom is 0.467 e. The van der Waals surface area contributed by atoms with Crippen molar-refractivity contribution >= 4 is 18.4 Å². The number of rotatable bonds is 3. The van der Waals surface area contributed by atoms with E-state index >= 15 is 0 Å². The highest BCUT2D eigenvalue weighted by molar-refractivity contribution is 6.51. The van der Waals surface area contributed by atoms with Gasteiger partial charge in [-0.15, -0.1) is 0 Å². The van der Waals surface area contributed by atoms with E-state index < -0.39 is 7.12 Å². The Morgan fingerprint density at radius 3 is 2.33 bits per heavy atom. The molecule has 2 rings (SSSR count). The van der Waals surface area contributed by atoms with Crippen molar-refractivity contribution in [2.45, 2.75) is 54.3 Å². The molecule has 2 heterocycles. The van der Waals surface area contributed by atoms with Crippen LogP contribution in [-0.4, -0.2) is 17.3 Å². The summed E-state index contributed by atoms with van der Waals surface area (Å²) in [5.74, 6) is -0.0579. The average molecular weight is 286 g/mol. The van der Waals surface area contributed by atoms with E-state index in [0.29, 0.717) is 0 Å². The van der Waals surface area contributed by atoms with Crippen molar-refractivity contribution in [3.05, 3.63) is 40.4 Å². The molecule has 1 aromatic rings. The molecule has 0 unspecified atom stereocenters. The van der Waals surface area contributed by atoms with Gasteiger partial charge in [-0.05, 0) is 69.3 Å². The Hall–Kier alpha value is -1.58. The Balaban J connectivity index is 2.66. The van der Waals surface area contributed by atoms with E-state index in [4.69, 9.17) is 0 Å². The lowest BCUT2D eigenvalue weighted by atomic mass is 9.71. The zero-order valence-electron chi connectivity index (χ0n) is 14.1. The number of aromatic nitrogens is 1. The Labute approximate surface area is 127 Å². The zero-order valence-corrected chi connectivity index (χ0v) is 14.1. The SMILES string of the molecule is CC1=CC(C)=N/C1=C(/C)c1c(C)cc(C)n1B(F)C(C)C. The van der Waals surface area contributed by atoms with Gasteiger partial charge in [-0.1, -0.05) is 13.8 Å². The van der Waals surface area contributed by atoms with Crippen LogP contribution < -0.4 is 0 Å². The van der Waals surface area contributed by atoms with Crippen LogP contribution >= 0.6 is 0 Å². The van der Waals surface area contributed by atoms with Gasteiger partial charge in [0.25, 0.3) is 0 Å². The highest BCUT2D eigenvalue weighted by Gasteiger charge is 2.28. The van der Waals surface area contributed by atoms with Gasteiger partial charge in [0.05, 0.1) is 5.70 Å². The van der Waals surface area contributed by atoms with Gasteiger partial charge in [-0.25, -0.2) is 0 Å². The number of halogens is 1. The standard InChI is InChI=1S/C17H24BFN2/c1-10(2)18(19)21-14(6)9-12(4)17(21)15(7)16-11(3)8-13(5)20-16/h8-10H,1-7H3/b16-15-. The molecule has 1 aliphatic rings. The minimum Gasteiger partial charge on any atom is -0.360 e. The number of allylic oxidation sites excluding steroid dienone is 3. The van der Waals surface area contributed by atoms with Crippen LogP contribution in [0.5, 0.6) is 0 Å². The van der Waals surface area contributed by atoms with Crippen LogP contribution in [0.2, 0.25) is 5.82 Å². The lowest BCUT2D eigenvalue weighted by Crippen LogP contribution is -2.25. The maximum absolute atomic E-state index is 14.7. The molecule has 4 heteroatoms. The smallest absolute Gasteiger partial charge is 0.360 e. The molecule has 2 nitrogen and oxygen atoms in total. The molecule has 0 spiro atoms. The number of aryl methyl sites for hydroxylation is 2. The minimum absolute atomic E-state index is 0.0579. The Morgan fingerprint density at radius 2 is 1.86 bits per heavy atom. The van der Waals surface area contributed by atoms with Gasteiger partial charge in [0.2, 0.25) is 0 Å². The highest BCUT2D eigenvalue weighted by atomic mass is 19.1. The number of aliphatic imine (C=N–C) groups is 1. The van der Waals surface area contributed by atoms with Gasteiger partial charge in [0.1, 0.15) is 0 Å². The number of hydrogen-bond acceptors (Lipinski definition) is 1. The molecule has 0 saturated heterocycles. The molecule has 0 aliphatic carbocycles. The third-order valence-corrected chi connectivity index (χ3v) is 4.01. The number of hydrogen-bond donors (Lipinski definition) is 0. The highest BCUT2D eigenvalue weighted by Crippen LogP contribution is 2.33. The lowest BCUT2D eigenvalue weighted by Gasteiger charge is -2.18. The average Bonchev–Trinajstić information content (AvgIpc) is 2.86. The third-order valence-electron chi connectivity index (χ3n) is 4.01. The van der Waals surface area contributed by atoms with Crippen molar-refractivity contribution in [2.75, 3.05) is 0 Å². The molecule has 0 amide bonds. The van der Waals surface area contributed by atoms with E-state index in [9.17, 15) is 4.32 Å². The summed E-state index contributed by atoms with van der Waals surface area (Å²) in [4.78, 5) is 4.61. The van der Waals surface area contributed by atoms with E-state index in [-0.39, 0.29) is 5.82 Å². The van der Waals surface area contributed by atoms with Crippen LogP contribution in [0.3, 0.4) is 0 Å². The summed E-state index contributed by atoms with van der Waals surface area (Å²) in [6, 6.07) is 2.05. The van der Waals surface area contributed by atoms with Crippen molar-refractivity contribution in [1.82, 2.24) is 4.48 Å². The molecular weight excluding hydrogens is 262 g/mol. The molecular formula is C17H24BFN2. The first-order valence-electron chi connectivity index (χ1n) is 7.51. The second-order valence-electron chi connectivity index (χ2n) is 6.36. The van der Waals surface area contributed by atoms with Crippen LogP contribution in [0.15, 0.2) is 28.4 Å². The summed E-state index contributed by atoms with van der Waals surface area (Å²) in [7, 11) is -1.01. The Kier molecular flexibility index (Phi) is 4.26. The predicted octanol–water partition coefficient (Wildman–Crippen LogP) is 4.97. The quantitative estimate of drug-likeness (QED) is 0.698. The Morgan fingerprint density at radius 1 is 1.24 bits per heavy atom. The van der Waals surface area contributed by atoms with Gasteiger partial charge in [-0.3, -0.25) is 4.99 Å². The summed E-state index contributed by atoms with van der Waals surface area (Å²) < 4.78 is 16.5. The summed E-state index contributed by atoms with van der Waals surface area (Å²) in [5, 5.41) is 0. The van der Waals surface area contributed by atoms with E-state index in [0.717, 1.165) is 39.5 Å². The maximum atomic E-state index is 14.7. The molecule has 0 bridgehead atoms. The van der Waals surface area contributed by atoms with Crippen molar-refractivity contribution in [3.8, 4) is 0 Å². The molecule has 0 atom stereocenters. The normalized spacial score (nSPS) is 17.2. The fraction of sp³-hybridized carbons (Fsp3) is 0.471. The summed E-state index contributed by atoms with van der Waals surface area (Å²) >= 11 is 0. The van der Waals surface area contributed by atoms with Crippen molar-refractivity contribution in [3.63, 3.8) is 0 Å². The molecule has 0 radical (unpaired) electrons. The van der Waals surface area contributed by atoms with Crippen LogP contribution in [-0.2, 0) is 0 Å². The second kappa shape index (κ2) is 5.66. The fourth-order valence-corrected chi connectivity index (χ4v) is 3.08. The van der Waals surface area contributed by atoms with Crippen LogP contribution in [0, 0.1) is 13.8 Å². The molecule has 21 heavy (non-hydrogen) atoms. The van der Waals surface area contributed by atoms with Crippen molar-refractivity contribution < 1.29 is 4.32 Å². The van der Waals surface area contributed by atoms with E-state index in [1.54, 1.807) is 0 Å². The minimum atomic E-state index is -1.01. The van der Waals surface area contributed by atoms with Gasteiger partial charge >= 0.3 is 7.12 Å². The monoisotopic (exact) mass is 286 g/mol. The van der Waals surface area contributed by atoms with E-state index in [1.165, 1.54) is 0 Å². The van der Waals surface area contributed by atoms with Crippen LogP contribution in [0.25, 0.3) is 5.57 Å². The first-order chi connectivity index (χ1) is 9.73. The van der Waals surface area contributed by atoms with E-state index in [2.05, 4.69) is 24.1 Å². The molecule has 0 aromatic carbocycles. The van der Waals surface area contributed by atoms with Crippen molar-refractivity contribution in [1.29, 1.82) is 0 Å². The van der Waals surface area contributed by atoms with Crippen LogP contribution in [0.1, 0.15) is 51.6 Å². The zero-order chi connectivity index (χ0) is 15.9. The van der Waals surface area contributed by atoms with Gasteiger partial charge in [0, 0.05) is 17.1 Å². The summed E-state index contributed by atoms with van der Waals surface area (Å²) in [6.45, 7) is 13.9. The molecule has 0 N–H and O–H groups in total. The van der Waals surface area contributed by atoms with Crippen molar-refractivity contribution in [2.24, 2.45) is 4.99 Å². The first-order valence-corrected chi connectivity index (χ1v) is 7.51. The van der Waals surface area contributed by atoms with Crippen LogP contribution in [0.4, 0.5) is 4.32 Å². The molecule has 1 aromatic heterocycles. The fourth-order valence-electron chi connectivity index (χ4n) is 3.08. The number of nitrogens with zero attached hydrogens (tertiary/aromatic N) is 2. The first kappa shape index (κ1) is 15.8. The molecule has 0 saturated carbocycles. The Bertz CT molecular complexity index is 663. The van der Waals surface area contributed by atoms with E-state index in [1.807, 2.05) is 46.0 Å². The topological polar surface area (TPSA) is 17.3 Å². The summed E-state index contributed by atoms with van der Waals surface area (Å²) in [5.41, 5.74) is 7.22. The molecule has 0 fully saturated rings. The second-order valence-corrected chi connectivity index (χ2v) is 6.36. The third kappa shape index (κ3) is 2.76. The van der Waals surface area contributed by atoms with Gasteiger partial charge in [-0.2, -0.15) is 0 Å². The summed E-state index contributed by atoms with van der Waals surface area (Å²) in [6.07, 6.45) is 2.07.